The molecular weight excluding hydrogens is 380 g/mol. The standard InChI is InChI=1S/C12H10Br2N2O3/c1-2-18-12(17)9-10(15)19-11(16-9)7-4-3-6(13)5-8(7)14/h3-5H,2,15H2,1H3. The van der Waals surface area contributed by atoms with E-state index in [0.29, 0.717) is 5.56 Å². The number of nitrogens with zero attached hydrogens (tertiary/aromatic N) is 1. The van der Waals surface area contributed by atoms with E-state index in [9.17, 15) is 4.79 Å². The zero-order valence-electron chi connectivity index (χ0n) is 9.94. The van der Waals surface area contributed by atoms with Gasteiger partial charge in [0.15, 0.2) is 0 Å². The van der Waals surface area contributed by atoms with Gasteiger partial charge in [-0.15, -0.1) is 0 Å². The molecule has 2 N–H and O–H groups in total. The largest absolute Gasteiger partial charge is 0.461 e. The molecule has 5 nitrogen and oxygen atoms in total. The first-order valence-electron chi connectivity index (χ1n) is 5.41. The number of aromatic nitrogens is 1. The number of rotatable bonds is 3. The average Bonchev–Trinajstić information content (AvgIpc) is 2.71. The Balaban J connectivity index is 2.42. The van der Waals surface area contributed by atoms with Crippen LogP contribution in [0.1, 0.15) is 17.4 Å². The van der Waals surface area contributed by atoms with Gasteiger partial charge >= 0.3 is 5.97 Å². The van der Waals surface area contributed by atoms with Crippen molar-refractivity contribution in [2.24, 2.45) is 0 Å². The second-order valence-corrected chi connectivity index (χ2v) is 5.35. The minimum Gasteiger partial charge on any atom is -0.461 e. The highest BCUT2D eigenvalue weighted by molar-refractivity contribution is 9.11. The van der Waals surface area contributed by atoms with Crippen LogP contribution in [-0.2, 0) is 4.74 Å². The third kappa shape index (κ3) is 2.98. The van der Waals surface area contributed by atoms with Crippen molar-refractivity contribution in [3.05, 3.63) is 32.8 Å². The maximum Gasteiger partial charge on any atom is 0.362 e. The molecule has 0 fully saturated rings. The summed E-state index contributed by atoms with van der Waals surface area (Å²) in [7, 11) is 0. The van der Waals surface area contributed by atoms with Crippen molar-refractivity contribution in [3.63, 3.8) is 0 Å². The smallest absolute Gasteiger partial charge is 0.362 e. The second-order valence-electron chi connectivity index (χ2n) is 3.58. The molecular formula is C12H10Br2N2O3. The number of hydrogen-bond acceptors (Lipinski definition) is 5. The van der Waals surface area contributed by atoms with Gasteiger partial charge in [0.2, 0.25) is 17.5 Å². The monoisotopic (exact) mass is 388 g/mol. The van der Waals surface area contributed by atoms with Crippen LogP contribution in [0.15, 0.2) is 31.6 Å². The Bertz CT molecular complexity index is 625. The van der Waals surface area contributed by atoms with Crippen LogP contribution in [0.5, 0.6) is 0 Å². The first-order chi connectivity index (χ1) is 9.02. The summed E-state index contributed by atoms with van der Waals surface area (Å²) in [6, 6.07) is 5.48. The van der Waals surface area contributed by atoms with Gasteiger partial charge in [0.25, 0.3) is 0 Å². The van der Waals surface area contributed by atoms with Gasteiger partial charge in [0, 0.05) is 8.95 Å². The van der Waals surface area contributed by atoms with Gasteiger partial charge in [-0.25, -0.2) is 4.79 Å². The number of esters is 1. The van der Waals surface area contributed by atoms with Crippen LogP contribution >= 0.6 is 31.9 Å². The van der Waals surface area contributed by atoms with Crippen LogP contribution in [0.3, 0.4) is 0 Å². The van der Waals surface area contributed by atoms with Gasteiger partial charge in [-0.2, -0.15) is 4.98 Å². The number of nitrogen functional groups attached to an aromatic ring is 1. The molecule has 2 rings (SSSR count). The summed E-state index contributed by atoms with van der Waals surface area (Å²) in [5.41, 5.74) is 6.33. The molecule has 1 aromatic carbocycles. The van der Waals surface area contributed by atoms with Gasteiger partial charge in [-0.1, -0.05) is 15.9 Å². The minimum absolute atomic E-state index is 0.00771. The molecule has 0 aliphatic rings. The Morgan fingerprint density at radius 2 is 2.21 bits per heavy atom. The third-order valence-electron chi connectivity index (χ3n) is 2.28. The van der Waals surface area contributed by atoms with Crippen molar-refractivity contribution in [3.8, 4) is 11.5 Å². The highest BCUT2D eigenvalue weighted by atomic mass is 79.9. The number of ether oxygens (including phenoxy) is 1. The number of anilines is 1. The van der Waals surface area contributed by atoms with Gasteiger partial charge in [-0.3, -0.25) is 0 Å². The van der Waals surface area contributed by atoms with Crippen LogP contribution in [0.4, 0.5) is 5.88 Å². The van der Waals surface area contributed by atoms with Crippen LogP contribution in [0.25, 0.3) is 11.5 Å². The Kier molecular flexibility index (Phi) is 4.26. The lowest BCUT2D eigenvalue weighted by Gasteiger charge is -1.99. The molecule has 0 aliphatic heterocycles. The Morgan fingerprint density at radius 3 is 2.84 bits per heavy atom. The van der Waals surface area contributed by atoms with Crippen molar-refractivity contribution < 1.29 is 13.9 Å². The van der Waals surface area contributed by atoms with Crippen molar-refractivity contribution in [1.82, 2.24) is 4.98 Å². The summed E-state index contributed by atoms with van der Waals surface area (Å²) in [6.07, 6.45) is 0. The number of nitrogens with two attached hydrogens (primary N) is 1. The molecule has 0 spiro atoms. The summed E-state index contributed by atoms with van der Waals surface area (Å²) in [6.45, 7) is 1.96. The Labute approximate surface area is 126 Å². The second kappa shape index (κ2) is 5.75. The molecule has 0 aliphatic carbocycles. The molecule has 0 saturated heterocycles. The van der Waals surface area contributed by atoms with Gasteiger partial charge in [0.1, 0.15) is 0 Å². The minimum atomic E-state index is -0.594. The number of halogens is 2. The molecule has 19 heavy (non-hydrogen) atoms. The van der Waals surface area contributed by atoms with Crippen molar-refractivity contribution in [2.75, 3.05) is 12.3 Å². The first kappa shape index (κ1) is 14.1. The lowest BCUT2D eigenvalue weighted by Crippen LogP contribution is -2.07. The quantitative estimate of drug-likeness (QED) is 0.811. The van der Waals surface area contributed by atoms with Crippen LogP contribution < -0.4 is 5.73 Å². The highest BCUT2D eigenvalue weighted by Crippen LogP contribution is 2.32. The molecule has 0 amide bonds. The fourth-order valence-electron chi connectivity index (χ4n) is 1.46. The van der Waals surface area contributed by atoms with Crippen LogP contribution in [0.2, 0.25) is 0 Å². The Hall–Kier alpha value is -1.34. The summed E-state index contributed by atoms with van der Waals surface area (Å²) < 4.78 is 11.8. The predicted octanol–water partition coefficient (Wildman–Crippen LogP) is 3.63. The Morgan fingerprint density at radius 1 is 1.47 bits per heavy atom. The van der Waals surface area contributed by atoms with E-state index in [1.165, 1.54) is 0 Å². The van der Waals surface area contributed by atoms with Gasteiger partial charge in [0.05, 0.1) is 12.2 Å². The zero-order chi connectivity index (χ0) is 14.0. The first-order valence-corrected chi connectivity index (χ1v) is 7.00. The number of hydrogen-bond donors (Lipinski definition) is 1. The highest BCUT2D eigenvalue weighted by Gasteiger charge is 2.21. The normalized spacial score (nSPS) is 10.5. The van der Waals surface area contributed by atoms with E-state index < -0.39 is 5.97 Å². The molecule has 0 bridgehead atoms. The molecule has 1 heterocycles. The van der Waals surface area contributed by atoms with Crippen molar-refractivity contribution >= 4 is 43.7 Å². The van der Waals surface area contributed by atoms with Gasteiger partial charge in [-0.05, 0) is 41.1 Å². The lowest BCUT2D eigenvalue weighted by molar-refractivity contribution is 0.0521. The van der Waals surface area contributed by atoms with E-state index >= 15 is 0 Å². The molecule has 0 unspecified atom stereocenters. The SMILES string of the molecule is CCOC(=O)c1nc(-c2ccc(Br)cc2Br)oc1N. The molecule has 1 aromatic heterocycles. The lowest BCUT2D eigenvalue weighted by atomic mass is 10.2. The van der Waals surface area contributed by atoms with Gasteiger partial charge < -0.3 is 14.9 Å². The summed E-state index contributed by atoms with van der Waals surface area (Å²) in [5.74, 6) is -0.383. The fourth-order valence-corrected chi connectivity index (χ4v) is 2.67. The van der Waals surface area contributed by atoms with E-state index in [4.69, 9.17) is 14.9 Å². The summed E-state index contributed by atoms with van der Waals surface area (Å²) >= 11 is 6.75. The molecule has 7 heteroatoms. The third-order valence-corrected chi connectivity index (χ3v) is 3.43. The van der Waals surface area contributed by atoms with Crippen LogP contribution in [-0.4, -0.2) is 17.6 Å². The fraction of sp³-hybridized carbons (Fsp3) is 0.167. The molecule has 0 radical (unpaired) electrons. The predicted molar refractivity (Wildman–Crippen MR) is 77.7 cm³/mol. The molecule has 100 valence electrons. The average molecular weight is 390 g/mol. The van der Waals surface area contributed by atoms with Crippen molar-refractivity contribution in [1.29, 1.82) is 0 Å². The van der Waals surface area contributed by atoms with E-state index in [1.807, 2.05) is 12.1 Å². The van der Waals surface area contributed by atoms with Crippen molar-refractivity contribution in [2.45, 2.75) is 6.92 Å². The number of benzene rings is 1. The summed E-state index contributed by atoms with van der Waals surface area (Å²) in [4.78, 5) is 15.7. The molecule has 0 saturated carbocycles. The number of carbonyl (C=O) groups excluding carboxylic acids is 1. The van der Waals surface area contributed by atoms with E-state index in [2.05, 4.69) is 36.8 Å². The van der Waals surface area contributed by atoms with E-state index in [-0.39, 0.29) is 24.1 Å². The van der Waals surface area contributed by atoms with E-state index in [0.717, 1.165) is 8.95 Å². The molecule has 0 atom stereocenters. The van der Waals surface area contributed by atoms with Crippen LogP contribution in [0, 0.1) is 0 Å². The molecule has 2 aromatic rings. The summed E-state index contributed by atoms with van der Waals surface area (Å²) in [5, 5.41) is 0. The maximum absolute atomic E-state index is 11.6. The number of carbonyl (C=O) groups is 1. The zero-order valence-corrected chi connectivity index (χ0v) is 13.1. The maximum atomic E-state index is 11.6. The number of oxazole rings is 1. The van der Waals surface area contributed by atoms with E-state index in [1.54, 1.807) is 13.0 Å². The topological polar surface area (TPSA) is 78.3 Å².